The number of ether oxygens (including phenoxy) is 1. The number of aromatic amines is 1. The molecule has 0 saturated carbocycles. The van der Waals surface area contributed by atoms with Gasteiger partial charge in [-0.15, -0.1) is 10.2 Å². The van der Waals surface area contributed by atoms with Crippen molar-refractivity contribution in [1.82, 2.24) is 25.9 Å². The Morgan fingerprint density at radius 3 is 3.00 bits per heavy atom. The van der Waals surface area contributed by atoms with Crippen molar-refractivity contribution in [2.75, 3.05) is 13.7 Å². The van der Waals surface area contributed by atoms with Gasteiger partial charge in [0.2, 0.25) is 5.91 Å². The van der Waals surface area contributed by atoms with Crippen LogP contribution in [0, 0.1) is 0 Å². The molecular weight excluding hydrogens is 200 g/mol. The van der Waals surface area contributed by atoms with E-state index in [1.807, 2.05) is 0 Å². The lowest BCUT2D eigenvalue weighted by molar-refractivity contribution is -0.124. The highest BCUT2D eigenvalue weighted by molar-refractivity contribution is 5.81. The molecule has 15 heavy (non-hydrogen) atoms. The van der Waals surface area contributed by atoms with E-state index in [9.17, 15) is 4.79 Å². The average Bonchev–Trinajstić information content (AvgIpc) is 2.70. The third-order valence-corrected chi connectivity index (χ3v) is 1.79. The van der Waals surface area contributed by atoms with Crippen LogP contribution in [0.3, 0.4) is 0 Å². The molecular formula is C7H14N6O2. The van der Waals surface area contributed by atoms with Crippen LogP contribution in [0.1, 0.15) is 18.8 Å². The van der Waals surface area contributed by atoms with E-state index < -0.39 is 6.04 Å². The molecule has 4 N–H and O–H groups in total. The number of aromatic nitrogens is 4. The Morgan fingerprint density at radius 2 is 2.47 bits per heavy atom. The predicted octanol–water partition coefficient (Wildman–Crippen LogP) is -1.65. The van der Waals surface area contributed by atoms with Crippen LogP contribution in [0.4, 0.5) is 0 Å². The van der Waals surface area contributed by atoms with Crippen molar-refractivity contribution in [3.8, 4) is 0 Å². The number of carbonyl (C=O) groups is 1. The highest BCUT2D eigenvalue weighted by Gasteiger charge is 2.18. The number of hydrogen-bond acceptors (Lipinski definition) is 6. The van der Waals surface area contributed by atoms with Crippen LogP contribution in [-0.4, -0.2) is 46.3 Å². The zero-order chi connectivity index (χ0) is 11.3. The van der Waals surface area contributed by atoms with Gasteiger partial charge in [-0.2, -0.15) is 5.21 Å². The van der Waals surface area contributed by atoms with Crippen molar-refractivity contribution in [2.24, 2.45) is 5.73 Å². The minimum absolute atomic E-state index is 0.171. The number of nitrogens with two attached hydrogens (primary N) is 1. The monoisotopic (exact) mass is 214 g/mol. The zero-order valence-electron chi connectivity index (χ0n) is 8.60. The molecule has 0 fully saturated rings. The first-order chi connectivity index (χ1) is 7.15. The summed E-state index contributed by atoms with van der Waals surface area (Å²) in [6.07, 6.45) is 0. The van der Waals surface area contributed by atoms with Gasteiger partial charge in [0.1, 0.15) is 6.04 Å². The second-order valence-corrected chi connectivity index (χ2v) is 3.06. The summed E-state index contributed by atoms with van der Waals surface area (Å²) in [5, 5.41) is 15.8. The molecule has 8 heteroatoms. The molecule has 0 radical (unpaired) electrons. The molecule has 2 atom stereocenters. The summed E-state index contributed by atoms with van der Waals surface area (Å²) in [7, 11) is 1.48. The molecule has 1 heterocycles. The maximum absolute atomic E-state index is 11.4. The van der Waals surface area contributed by atoms with Gasteiger partial charge in [0.25, 0.3) is 0 Å². The molecule has 1 rings (SSSR count). The average molecular weight is 214 g/mol. The normalized spacial score (nSPS) is 14.6. The van der Waals surface area contributed by atoms with E-state index in [0.717, 1.165) is 0 Å². The van der Waals surface area contributed by atoms with Crippen molar-refractivity contribution < 1.29 is 9.53 Å². The number of amides is 1. The Kier molecular flexibility index (Phi) is 4.13. The van der Waals surface area contributed by atoms with E-state index in [2.05, 4.69) is 25.9 Å². The number of methoxy groups -OCH3 is 1. The molecule has 84 valence electrons. The number of nitrogens with zero attached hydrogens (tertiary/aromatic N) is 3. The Morgan fingerprint density at radius 1 is 1.73 bits per heavy atom. The molecule has 0 aromatic carbocycles. The Balaban J connectivity index is 2.44. The lowest BCUT2D eigenvalue weighted by atomic mass is 10.2. The van der Waals surface area contributed by atoms with E-state index in [0.29, 0.717) is 5.82 Å². The molecule has 0 bridgehead atoms. The Hall–Kier alpha value is -1.54. The smallest absolute Gasteiger partial charge is 0.239 e. The highest BCUT2D eigenvalue weighted by Crippen LogP contribution is 2.02. The van der Waals surface area contributed by atoms with E-state index in [1.165, 1.54) is 7.11 Å². The second kappa shape index (κ2) is 5.37. The van der Waals surface area contributed by atoms with Crippen molar-refractivity contribution in [1.29, 1.82) is 0 Å². The Bertz CT molecular complexity index is 300. The third-order valence-electron chi connectivity index (χ3n) is 1.79. The van der Waals surface area contributed by atoms with E-state index in [4.69, 9.17) is 10.5 Å². The van der Waals surface area contributed by atoms with Crippen LogP contribution in [0.15, 0.2) is 0 Å². The molecule has 1 aromatic heterocycles. The van der Waals surface area contributed by atoms with Gasteiger partial charge in [-0.1, -0.05) is 5.21 Å². The molecule has 8 nitrogen and oxygen atoms in total. The lowest BCUT2D eigenvalue weighted by Gasteiger charge is -2.14. The summed E-state index contributed by atoms with van der Waals surface area (Å²) < 4.78 is 4.76. The SMILES string of the molecule is COCC(N)C(=O)NC(C)c1nn[nH]n1. The minimum Gasteiger partial charge on any atom is -0.383 e. The van der Waals surface area contributed by atoms with Gasteiger partial charge in [-0.3, -0.25) is 4.79 Å². The summed E-state index contributed by atoms with van der Waals surface area (Å²) in [6.45, 7) is 1.91. The molecule has 0 spiro atoms. The fourth-order valence-electron chi connectivity index (χ4n) is 0.993. The topological polar surface area (TPSA) is 119 Å². The molecule has 2 unspecified atom stereocenters. The van der Waals surface area contributed by atoms with Gasteiger partial charge in [0, 0.05) is 7.11 Å². The summed E-state index contributed by atoms with van der Waals surface area (Å²) >= 11 is 0. The lowest BCUT2D eigenvalue weighted by Crippen LogP contribution is -2.44. The number of rotatable bonds is 5. The standard InChI is InChI=1S/C7H14N6O2/c1-4(6-10-12-13-11-6)9-7(14)5(8)3-15-2/h4-5H,3,8H2,1-2H3,(H,9,14)(H,10,11,12,13). The van der Waals surface area contributed by atoms with Gasteiger partial charge in [0.05, 0.1) is 12.6 Å². The van der Waals surface area contributed by atoms with Crippen LogP contribution in [-0.2, 0) is 9.53 Å². The molecule has 0 aliphatic rings. The number of carbonyl (C=O) groups excluding carboxylic acids is 1. The fourth-order valence-corrected chi connectivity index (χ4v) is 0.993. The maximum Gasteiger partial charge on any atom is 0.239 e. The van der Waals surface area contributed by atoms with Gasteiger partial charge in [0.15, 0.2) is 5.82 Å². The minimum atomic E-state index is -0.690. The maximum atomic E-state index is 11.4. The summed E-state index contributed by atoms with van der Waals surface area (Å²) in [5.41, 5.74) is 5.53. The molecule has 0 aliphatic heterocycles. The van der Waals surface area contributed by atoms with Crippen LogP contribution >= 0.6 is 0 Å². The zero-order valence-corrected chi connectivity index (χ0v) is 8.60. The quantitative estimate of drug-likeness (QED) is 0.540. The first-order valence-electron chi connectivity index (χ1n) is 4.43. The molecule has 0 saturated heterocycles. The van der Waals surface area contributed by atoms with Crippen LogP contribution in [0.5, 0.6) is 0 Å². The van der Waals surface area contributed by atoms with Gasteiger partial charge in [-0.25, -0.2) is 0 Å². The first kappa shape index (κ1) is 11.5. The van der Waals surface area contributed by atoms with Gasteiger partial charge < -0.3 is 15.8 Å². The second-order valence-electron chi connectivity index (χ2n) is 3.06. The van der Waals surface area contributed by atoms with Crippen LogP contribution < -0.4 is 11.1 Å². The van der Waals surface area contributed by atoms with Crippen molar-refractivity contribution in [2.45, 2.75) is 19.0 Å². The number of hydrogen-bond donors (Lipinski definition) is 3. The van der Waals surface area contributed by atoms with E-state index in [-0.39, 0.29) is 18.6 Å². The first-order valence-corrected chi connectivity index (χ1v) is 4.43. The Labute approximate surface area is 86.6 Å². The summed E-state index contributed by atoms with van der Waals surface area (Å²) in [6, 6.07) is -1.02. The number of nitrogens with one attached hydrogen (secondary N) is 2. The largest absolute Gasteiger partial charge is 0.383 e. The molecule has 1 aromatic rings. The van der Waals surface area contributed by atoms with Crippen molar-refractivity contribution >= 4 is 5.91 Å². The van der Waals surface area contributed by atoms with Crippen LogP contribution in [0.25, 0.3) is 0 Å². The van der Waals surface area contributed by atoms with Crippen molar-refractivity contribution in [3.05, 3.63) is 5.82 Å². The van der Waals surface area contributed by atoms with Crippen molar-refractivity contribution in [3.63, 3.8) is 0 Å². The predicted molar refractivity (Wildman–Crippen MR) is 50.6 cm³/mol. The molecule has 0 aliphatic carbocycles. The van der Waals surface area contributed by atoms with Gasteiger partial charge in [-0.05, 0) is 6.92 Å². The molecule has 1 amide bonds. The summed E-state index contributed by atoms with van der Waals surface area (Å²) in [4.78, 5) is 11.4. The fraction of sp³-hybridized carbons (Fsp3) is 0.714. The third kappa shape index (κ3) is 3.26. The number of H-pyrrole nitrogens is 1. The highest BCUT2D eigenvalue weighted by atomic mass is 16.5. The van der Waals surface area contributed by atoms with E-state index >= 15 is 0 Å². The van der Waals surface area contributed by atoms with Crippen LogP contribution in [0.2, 0.25) is 0 Å². The van der Waals surface area contributed by atoms with Gasteiger partial charge >= 0.3 is 0 Å². The number of tetrazole rings is 1. The summed E-state index contributed by atoms with van der Waals surface area (Å²) in [5.74, 6) is 0.0992. The van der Waals surface area contributed by atoms with E-state index in [1.54, 1.807) is 6.92 Å².